The lowest BCUT2D eigenvalue weighted by molar-refractivity contribution is -0.274. The molecule has 1 aliphatic heterocycles. The van der Waals surface area contributed by atoms with Crippen LogP contribution in [0.4, 0.5) is 18.9 Å². The minimum Gasteiger partial charge on any atom is -0.494 e. The number of carbonyl (C=O) groups is 1. The molecular formula is C38H44F3N3O3. The molecule has 0 spiro atoms. The van der Waals surface area contributed by atoms with Crippen LogP contribution < -0.4 is 19.7 Å². The number of benzene rings is 3. The minimum absolute atomic E-state index is 0.0119. The average molecular weight is 648 g/mol. The zero-order valence-electron chi connectivity index (χ0n) is 27.0. The monoisotopic (exact) mass is 647 g/mol. The number of alkyl halides is 3. The Hall–Kier alpha value is -3.72. The van der Waals surface area contributed by atoms with Gasteiger partial charge in [0.05, 0.1) is 6.61 Å². The SMILES string of the molecule is CCOc1cccc(-c2cc(CN3CCN(c4ccc(C(=O)NCC56CC7CC(CC(C7)C5)C6)cc4)CC3)cc(OC(F)(F)F)c2)c1. The van der Waals surface area contributed by atoms with Gasteiger partial charge in [-0.3, -0.25) is 9.69 Å². The van der Waals surface area contributed by atoms with Crippen molar-refractivity contribution < 1.29 is 27.4 Å². The zero-order valence-corrected chi connectivity index (χ0v) is 27.0. The lowest BCUT2D eigenvalue weighted by atomic mass is 9.49. The fourth-order valence-electron chi connectivity index (χ4n) is 9.17. The van der Waals surface area contributed by atoms with Gasteiger partial charge in [0.25, 0.3) is 5.91 Å². The van der Waals surface area contributed by atoms with E-state index < -0.39 is 6.36 Å². The van der Waals surface area contributed by atoms with Gasteiger partial charge in [0.2, 0.25) is 0 Å². The largest absolute Gasteiger partial charge is 0.573 e. The molecule has 5 fully saturated rings. The summed E-state index contributed by atoms with van der Waals surface area (Å²) in [6.45, 7) is 6.76. The Morgan fingerprint density at radius 1 is 0.851 bits per heavy atom. The van der Waals surface area contributed by atoms with Crippen molar-refractivity contribution in [3.8, 4) is 22.6 Å². The number of halogens is 3. The van der Waals surface area contributed by atoms with E-state index in [1.165, 1.54) is 50.7 Å². The van der Waals surface area contributed by atoms with Gasteiger partial charge in [0.15, 0.2) is 0 Å². The molecule has 0 atom stereocenters. The van der Waals surface area contributed by atoms with Crippen molar-refractivity contribution >= 4 is 11.6 Å². The van der Waals surface area contributed by atoms with Gasteiger partial charge in [-0.1, -0.05) is 12.1 Å². The maximum atomic E-state index is 13.2. The second-order valence-corrected chi connectivity index (χ2v) is 14.3. The highest BCUT2D eigenvalue weighted by Gasteiger charge is 2.50. The van der Waals surface area contributed by atoms with Crippen LogP contribution in [0.15, 0.2) is 66.7 Å². The molecule has 0 radical (unpaired) electrons. The van der Waals surface area contributed by atoms with Gasteiger partial charge in [-0.25, -0.2) is 0 Å². The highest BCUT2D eigenvalue weighted by atomic mass is 19.4. The van der Waals surface area contributed by atoms with Crippen LogP contribution in [0, 0.1) is 23.2 Å². The van der Waals surface area contributed by atoms with Crippen molar-refractivity contribution in [3.63, 3.8) is 0 Å². The third kappa shape index (κ3) is 7.56. The minimum atomic E-state index is -4.78. The molecule has 3 aromatic rings. The molecule has 1 amide bonds. The third-order valence-corrected chi connectivity index (χ3v) is 10.7. The van der Waals surface area contributed by atoms with E-state index in [9.17, 15) is 18.0 Å². The molecule has 3 aromatic carbocycles. The summed E-state index contributed by atoms with van der Waals surface area (Å²) in [5.74, 6) is 3.05. The van der Waals surface area contributed by atoms with Gasteiger partial charge < -0.3 is 19.7 Å². The Balaban J connectivity index is 0.952. The molecule has 250 valence electrons. The molecule has 0 unspecified atom stereocenters. The van der Waals surface area contributed by atoms with Crippen LogP contribution in [0.1, 0.15) is 61.4 Å². The number of amides is 1. The molecule has 4 aliphatic carbocycles. The molecule has 0 aromatic heterocycles. The second kappa shape index (κ2) is 13.1. The number of piperazine rings is 1. The summed E-state index contributed by atoms with van der Waals surface area (Å²) < 4.78 is 49.6. The summed E-state index contributed by atoms with van der Waals surface area (Å²) >= 11 is 0. The van der Waals surface area contributed by atoms with Crippen LogP contribution >= 0.6 is 0 Å². The maximum Gasteiger partial charge on any atom is 0.573 e. The number of hydrogen-bond acceptors (Lipinski definition) is 5. The van der Waals surface area contributed by atoms with Crippen LogP contribution in [0.3, 0.4) is 0 Å². The summed E-state index contributed by atoms with van der Waals surface area (Å²) in [4.78, 5) is 17.6. The first-order valence-corrected chi connectivity index (χ1v) is 17.1. The first-order chi connectivity index (χ1) is 22.6. The molecule has 8 rings (SSSR count). The van der Waals surface area contributed by atoms with E-state index >= 15 is 0 Å². The Morgan fingerprint density at radius 3 is 2.15 bits per heavy atom. The molecular weight excluding hydrogens is 603 g/mol. The van der Waals surface area contributed by atoms with Crippen LogP contribution in [-0.4, -0.2) is 56.5 Å². The van der Waals surface area contributed by atoms with Crippen LogP contribution in [-0.2, 0) is 6.54 Å². The van der Waals surface area contributed by atoms with E-state index in [4.69, 9.17) is 4.74 Å². The summed E-state index contributed by atoms with van der Waals surface area (Å²) in [7, 11) is 0. The highest BCUT2D eigenvalue weighted by Crippen LogP contribution is 2.59. The number of nitrogens with one attached hydrogen (secondary N) is 1. The normalized spacial score (nSPS) is 25.5. The van der Waals surface area contributed by atoms with Crippen molar-refractivity contribution in [2.75, 3.05) is 44.2 Å². The Morgan fingerprint density at radius 2 is 1.51 bits per heavy atom. The van der Waals surface area contributed by atoms with E-state index in [0.717, 1.165) is 67.3 Å². The molecule has 4 saturated carbocycles. The average Bonchev–Trinajstić information content (AvgIpc) is 3.03. The standard InChI is InChI=1S/C38H44F3N3O3/c1-2-46-34-5-3-4-31(19-34)32-17-29(18-35(20-32)47-38(39,40)41)24-43-10-12-44(13-11-43)33-8-6-30(7-9-33)36(45)42-25-37-21-26-14-27(22-37)16-28(15-26)23-37/h3-9,17-20,26-28H,2,10-16,21-25H2,1H3,(H,42,45). The van der Waals surface area contributed by atoms with Gasteiger partial charge in [0.1, 0.15) is 11.5 Å². The fraction of sp³-hybridized carbons (Fsp3) is 0.500. The first-order valence-electron chi connectivity index (χ1n) is 17.1. The highest BCUT2D eigenvalue weighted by molar-refractivity contribution is 5.94. The molecule has 1 N–H and O–H groups in total. The topological polar surface area (TPSA) is 54.0 Å². The number of ether oxygens (including phenoxy) is 2. The van der Waals surface area contributed by atoms with E-state index in [2.05, 4.69) is 19.9 Å². The number of rotatable bonds is 10. The molecule has 4 bridgehead atoms. The van der Waals surface area contributed by atoms with Gasteiger partial charge in [-0.15, -0.1) is 13.2 Å². The van der Waals surface area contributed by atoms with Crippen LogP contribution in [0.5, 0.6) is 11.5 Å². The van der Waals surface area contributed by atoms with Crippen molar-refractivity contribution in [2.45, 2.75) is 58.4 Å². The second-order valence-electron chi connectivity index (χ2n) is 14.3. The molecule has 1 saturated heterocycles. The predicted octanol–water partition coefficient (Wildman–Crippen LogP) is 7.92. The maximum absolute atomic E-state index is 13.2. The molecule has 1 heterocycles. The molecule has 6 nitrogen and oxygen atoms in total. The summed E-state index contributed by atoms with van der Waals surface area (Å²) in [5.41, 5.74) is 4.23. The quantitative estimate of drug-likeness (QED) is 0.242. The van der Waals surface area contributed by atoms with E-state index in [-0.39, 0.29) is 11.7 Å². The van der Waals surface area contributed by atoms with Crippen molar-refractivity contribution in [1.29, 1.82) is 0 Å². The van der Waals surface area contributed by atoms with Gasteiger partial charge in [-0.05, 0) is 140 Å². The fourth-order valence-corrected chi connectivity index (χ4v) is 9.17. The molecule has 9 heteroatoms. The third-order valence-electron chi connectivity index (χ3n) is 10.7. The van der Waals surface area contributed by atoms with Crippen molar-refractivity contribution in [1.82, 2.24) is 10.2 Å². The van der Waals surface area contributed by atoms with E-state index in [1.807, 2.05) is 61.5 Å². The van der Waals surface area contributed by atoms with Gasteiger partial charge >= 0.3 is 6.36 Å². The first kappa shape index (κ1) is 31.9. The van der Waals surface area contributed by atoms with E-state index in [0.29, 0.717) is 35.4 Å². The zero-order chi connectivity index (χ0) is 32.6. The van der Waals surface area contributed by atoms with Gasteiger partial charge in [0, 0.05) is 50.5 Å². The number of carbonyl (C=O) groups excluding carboxylic acids is 1. The number of nitrogens with zero attached hydrogens (tertiary/aromatic N) is 2. The lowest BCUT2D eigenvalue weighted by Gasteiger charge is -2.56. The predicted molar refractivity (Wildman–Crippen MR) is 177 cm³/mol. The van der Waals surface area contributed by atoms with Crippen LogP contribution in [0.25, 0.3) is 11.1 Å². The summed E-state index contributed by atoms with van der Waals surface area (Å²) in [6, 6.07) is 20.1. The summed E-state index contributed by atoms with van der Waals surface area (Å²) in [5, 5.41) is 3.29. The van der Waals surface area contributed by atoms with E-state index in [1.54, 1.807) is 0 Å². The Labute approximate surface area is 275 Å². The number of anilines is 1. The Kier molecular flexibility index (Phi) is 8.85. The van der Waals surface area contributed by atoms with Crippen LogP contribution in [0.2, 0.25) is 0 Å². The van der Waals surface area contributed by atoms with Crippen molar-refractivity contribution in [2.24, 2.45) is 23.2 Å². The Bertz CT molecular complexity index is 1530. The number of hydrogen-bond donors (Lipinski definition) is 1. The summed E-state index contributed by atoms with van der Waals surface area (Å²) in [6.07, 6.45) is 3.26. The van der Waals surface area contributed by atoms with Gasteiger partial charge in [-0.2, -0.15) is 0 Å². The van der Waals surface area contributed by atoms with Crippen molar-refractivity contribution in [3.05, 3.63) is 77.9 Å². The lowest BCUT2D eigenvalue weighted by Crippen LogP contribution is -2.51. The molecule has 5 aliphatic rings. The smallest absolute Gasteiger partial charge is 0.494 e. The molecule has 47 heavy (non-hydrogen) atoms.